The summed E-state index contributed by atoms with van der Waals surface area (Å²) in [5.41, 5.74) is 1.62. The molecule has 3 aromatic carbocycles. The first kappa shape index (κ1) is 29.0. The lowest BCUT2D eigenvalue weighted by atomic mass is 10.2. The molecule has 0 aliphatic carbocycles. The molecule has 1 saturated heterocycles. The SMILES string of the molecule is O=C(COc1ccc(Br)cc1/C=C1\S/C(=N\N=C\c2ccc(F)cc2)N(Cc2ccco2)C1=O)Nc1ccc(F)cc1. The number of amides is 2. The highest BCUT2D eigenvalue weighted by Gasteiger charge is 2.34. The lowest BCUT2D eigenvalue weighted by Gasteiger charge is -2.13. The number of benzene rings is 3. The molecule has 1 fully saturated rings. The van der Waals surface area contributed by atoms with E-state index < -0.39 is 11.7 Å². The van der Waals surface area contributed by atoms with E-state index in [4.69, 9.17) is 9.15 Å². The van der Waals surface area contributed by atoms with Crippen LogP contribution in [0.3, 0.4) is 0 Å². The van der Waals surface area contributed by atoms with Gasteiger partial charge in [-0.3, -0.25) is 14.5 Å². The van der Waals surface area contributed by atoms with Crippen LogP contribution in [0.5, 0.6) is 5.75 Å². The summed E-state index contributed by atoms with van der Waals surface area (Å²) in [5.74, 6) is -0.615. The van der Waals surface area contributed by atoms with Gasteiger partial charge in [-0.25, -0.2) is 8.78 Å². The molecule has 0 unspecified atom stereocenters. The average molecular weight is 651 g/mol. The van der Waals surface area contributed by atoms with Gasteiger partial charge in [-0.1, -0.05) is 28.1 Å². The minimum atomic E-state index is -0.437. The van der Waals surface area contributed by atoms with Crippen LogP contribution >= 0.6 is 27.7 Å². The molecule has 12 heteroatoms. The Morgan fingerprint density at radius 3 is 2.50 bits per heavy atom. The Balaban J connectivity index is 1.36. The van der Waals surface area contributed by atoms with Crippen LogP contribution in [0, 0.1) is 11.6 Å². The van der Waals surface area contributed by atoms with Crippen LogP contribution in [0.15, 0.2) is 109 Å². The summed E-state index contributed by atoms with van der Waals surface area (Å²) >= 11 is 4.55. The molecule has 0 atom stereocenters. The highest BCUT2D eigenvalue weighted by Crippen LogP contribution is 2.36. The molecular weight excluding hydrogens is 630 g/mol. The number of ether oxygens (including phenoxy) is 1. The molecule has 212 valence electrons. The summed E-state index contributed by atoms with van der Waals surface area (Å²) < 4.78 is 38.3. The van der Waals surface area contributed by atoms with Crippen LogP contribution in [-0.4, -0.2) is 34.7 Å². The number of halogens is 3. The first-order valence-corrected chi connectivity index (χ1v) is 14.0. The maximum Gasteiger partial charge on any atom is 0.267 e. The fourth-order valence-corrected chi connectivity index (χ4v) is 5.06. The van der Waals surface area contributed by atoms with Crippen molar-refractivity contribution < 1.29 is 27.5 Å². The van der Waals surface area contributed by atoms with E-state index in [2.05, 4.69) is 31.4 Å². The Morgan fingerprint density at radius 1 is 1.05 bits per heavy atom. The van der Waals surface area contributed by atoms with Gasteiger partial charge in [-0.2, -0.15) is 5.10 Å². The third-order valence-electron chi connectivity index (χ3n) is 5.75. The van der Waals surface area contributed by atoms with Gasteiger partial charge in [-0.15, -0.1) is 5.10 Å². The van der Waals surface area contributed by atoms with Crippen molar-refractivity contribution in [1.29, 1.82) is 0 Å². The predicted molar refractivity (Wildman–Crippen MR) is 161 cm³/mol. The van der Waals surface area contributed by atoms with Gasteiger partial charge in [0, 0.05) is 15.7 Å². The molecular formula is C30H21BrF2N4O4S. The highest BCUT2D eigenvalue weighted by atomic mass is 79.9. The molecule has 2 heterocycles. The maximum atomic E-state index is 13.5. The summed E-state index contributed by atoms with van der Waals surface area (Å²) in [5, 5.41) is 11.3. The zero-order chi connectivity index (χ0) is 29.5. The van der Waals surface area contributed by atoms with E-state index in [9.17, 15) is 18.4 Å². The van der Waals surface area contributed by atoms with E-state index in [0.717, 1.165) is 16.2 Å². The number of carbonyl (C=O) groups is 2. The third-order valence-corrected chi connectivity index (χ3v) is 7.24. The van der Waals surface area contributed by atoms with Gasteiger partial charge in [0.15, 0.2) is 11.8 Å². The minimum Gasteiger partial charge on any atom is -0.483 e. The zero-order valence-corrected chi connectivity index (χ0v) is 24.1. The number of anilines is 1. The van der Waals surface area contributed by atoms with E-state index in [0.29, 0.717) is 38.4 Å². The molecule has 0 spiro atoms. The number of carbonyl (C=O) groups excluding carboxylic acids is 2. The minimum absolute atomic E-state index is 0.131. The van der Waals surface area contributed by atoms with E-state index in [-0.39, 0.29) is 24.9 Å². The molecule has 2 amide bonds. The second-order valence-electron chi connectivity index (χ2n) is 8.79. The van der Waals surface area contributed by atoms with E-state index in [1.807, 2.05) is 0 Å². The van der Waals surface area contributed by atoms with Crippen LogP contribution in [0.25, 0.3) is 6.08 Å². The van der Waals surface area contributed by atoms with Crippen molar-refractivity contribution in [2.75, 3.05) is 11.9 Å². The number of nitrogens with zero attached hydrogens (tertiary/aromatic N) is 3. The maximum absolute atomic E-state index is 13.5. The molecule has 0 radical (unpaired) electrons. The van der Waals surface area contributed by atoms with Gasteiger partial charge < -0.3 is 14.5 Å². The van der Waals surface area contributed by atoms with Crippen molar-refractivity contribution in [3.05, 3.63) is 123 Å². The van der Waals surface area contributed by atoms with Gasteiger partial charge in [0.05, 0.1) is 23.9 Å². The number of nitrogens with one attached hydrogen (secondary N) is 1. The largest absolute Gasteiger partial charge is 0.483 e. The first-order valence-electron chi connectivity index (χ1n) is 12.4. The number of hydrogen-bond acceptors (Lipinski definition) is 7. The third kappa shape index (κ3) is 7.59. The fraction of sp³-hybridized carbons (Fsp3) is 0.0667. The van der Waals surface area contributed by atoms with Crippen LogP contribution < -0.4 is 10.1 Å². The fourth-order valence-electron chi connectivity index (χ4n) is 3.75. The summed E-state index contributed by atoms with van der Waals surface area (Å²) in [6.07, 6.45) is 4.62. The predicted octanol–water partition coefficient (Wildman–Crippen LogP) is 6.84. The number of thioether (sulfide) groups is 1. The topological polar surface area (TPSA) is 96.5 Å². The Morgan fingerprint density at radius 2 is 1.79 bits per heavy atom. The second-order valence-corrected chi connectivity index (χ2v) is 10.7. The Kier molecular flexibility index (Phi) is 9.25. The smallest absolute Gasteiger partial charge is 0.267 e. The van der Waals surface area contributed by atoms with Gasteiger partial charge in [-0.05, 0) is 90.1 Å². The molecule has 5 rings (SSSR count). The molecule has 0 bridgehead atoms. The normalized spacial score (nSPS) is 15.2. The van der Waals surface area contributed by atoms with Crippen molar-refractivity contribution >= 4 is 62.7 Å². The zero-order valence-electron chi connectivity index (χ0n) is 21.7. The number of amidine groups is 1. The molecule has 4 aromatic rings. The van der Waals surface area contributed by atoms with Gasteiger partial charge in [0.25, 0.3) is 11.8 Å². The van der Waals surface area contributed by atoms with Crippen molar-refractivity contribution in [2.24, 2.45) is 10.2 Å². The van der Waals surface area contributed by atoms with Crippen LogP contribution in [0.4, 0.5) is 14.5 Å². The van der Waals surface area contributed by atoms with Crippen LogP contribution in [0.1, 0.15) is 16.9 Å². The first-order chi connectivity index (χ1) is 20.3. The monoisotopic (exact) mass is 650 g/mol. The summed E-state index contributed by atoms with van der Waals surface area (Å²) in [7, 11) is 0. The number of furan rings is 1. The van der Waals surface area contributed by atoms with Gasteiger partial charge in [0.1, 0.15) is 23.1 Å². The Bertz CT molecular complexity index is 1670. The summed E-state index contributed by atoms with van der Waals surface area (Å²) in [6, 6.07) is 19.8. The summed E-state index contributed by atoms with van der Waals surface area (Å²) in [6.45, 7) is -0.182. The lowest BCUT2D eigenvalue weighted by molar-refractivity contribution is -0.122. The van der Waals surface area contributed by atoms with Crippen LogP contribution in [-0.2, 0) is 16.1 Å². The molecule has 1 N–H and O–H groups in total. The molecule has 1 aliphatic rings. The molecule has 1 aromatic heterocycles. The van der Waals surface area contributed by atoms with Crippen molar-refractivity contribution in [2.45, 2.75) is 6.54 Å². The Hall–Kier alpha value is -4.55. The standard InChI is InChI=1S/C30H21BrF2N4O4S/c31-21-5-12-26(41-18-28(38)35-24-10-8-23(33)9-11-24)20(14-21)15-27-29(39)37(17-25-2-1-13-40-25)30(42-27)36-34-16-19-3-6-22(32)7-4-19/h1-16H,17-18H2,(H,35,38)/b27-15-,34-16+,36-30-. The van der Waals surface area contributed by atoms with E-state index in [1.54, 1.807) is 48.5 Å². The molecule has 42 heavy (non-hydrogen) atoms. The molecule has 1 aliphatic heterocycles. The van der Waals surface area contributed by atoms with Crippen molar-refractivity contribution in [1.82, 2.24) is 4.90 Å². The number of rotatable bonds is 9. The van der Waals surface area contributed by atoms with Crippen molar-refractivity contribution in [3.63, 3.8) is 0 Å². The lowest BCUT2D eigenvalue weighted by Crippen LogP contribution is -2.28. The number of hydrogen-bond donors (Lipinski definition) is 1. The highest BCUT2D eigenvalue weighted by molar-refractivity contribution is 9.10. The second kappa shape index (κ2) is 13.4. The van der Waals surface area contributed by atoms with Crippen LogP contribution in [0.2, 0.25) is 0 Å². The Labute approximate surface area is 251 Å². The summed E-state index contributed by atoms with van der Waals surface area (Å²) in [4.78, 5) is 27.7. The quantitative estimate of drug-likeness (QED) is 0.121. The van der Waals surface area contributed by atoms with Gasteiger partial charge in [0.2, 0.25) is 0 Å². The van der Waals surface area contributed by atoms with E-state index in [1.165, 1.54) is 53.8 Å². The average Bonchev–Trinajstić information content (AvgIpc) is 3.59. The van der Waals surface area contributed by atoms with Crippen molar-refractivity contribution in [3.8, 4) is 5.75 Å². The molecule has 8 nitrogen and oxygen atoms in total. The van der Waals surface area contributed by atoms with Gasteiger partial charge >= 0.3 is 0 Å². The molecule has 0 saturated carbocycles. The van der Waals surface area contributed by atoms with E-state index >= 15 is 0 Å².